The fourth-order valence-corrected chi connectivity index (χ4v) is 1.86. The molecule has 1 aromatic heterocycles. The number of carbonyl (C=O) groups excluding carboxylic acids is 1. The molecule has 0 saturated heterocycles. The summed E-state index contributed by atoms with van der Waals surface area (Å²) in [5.74, 6) is -0.971. The van der Waals surface area contributed by atoms with E-state index in [1.54, 1.807) is 0 Å². The van der Waals surface area contributed by atoms with Gasteiger partial charge in [0.2, 0.25) is 0 Å². The van der Waals surface area contributed by atoms with Gasteiger partial charge in [-0.25, -0.2) is 9.07 Å². The topological polar surface area (TPSA) is 64.1 Å². The van der Waals surface area contributed by atoms with Crippen LogP contribution in [0.2, 0.25) is 5.02 Å². The highest BCUT2D eigenvalue weighted by Crippen LogP contribution is 2.19. The molecule has 1 N–H and O–H groups in total. The zero-order valence-corrected chi connectivity index (χ0v) is 10.7. The normalized spacial score (nSPS) is 10.5. The fourth-order valence-electron chi connectivity index (χ4n) is 1.60. The lowest BCUT2D eigenvalue weighted by molar-refractivity contribution is -0.139. The average molecular weight is 285 g/mol. The van der Waals surface area contributed by atoms with Crippen LogP contribution in [0, 0.1) is 5.82 Å². The quantitative estimate of drug-likeness (QED) is 0.872. The van der Waals surface area contributed by atoms with Crippen molar-refractivity contribution in [2.75, 3.05) is 7.11 Å². The first-order valence-electron chi connectivity index (χ1n) is 5.34. The lowest BCUT2D eigenvalue weighted by atomic mass is 10.3. The lowest BCUT2D eigenvalue weighted by Crippen LogP contribution is -2.14. The van der Waals surface area contributed by atoms with Crippen LogP contribution in [0.15, 0.2) is 29.1 Å². The summed E-state index contributed by atoms with van der Waals surface area (Å²) in [7, 11) is 1.26. The molecule has 5 nitrogen and oxygen atoms in total. The zero-order chi connectivity index (χ0) is 14.0. The average Bonchev–Trinajstić information content (AvgIpc) is 2.70. The highest BCUT2D eigenvalue weighted by Gasteiger charge is 2.11. The second-order valence-corrected chi connectivity index (χ2v) is 4.21. The van der Waals surface area contributed by atoms with Crippen LogP contribution in [0.3, 0.4) is 0 Å². The maximum atomic E-state index is 12.9. The Bertz CT molecular complexity index is 678. The van der Waals surface area contributed by atoms with Gasteiger partial charge in [-0.05, 0) is 18.2 Å². The number of carbonyl (C=O) groups is 1. The van der Waals surface area contributed by atoms with E-state index in [0.29, 0.717) is 11.4 Å². The molecule has 0 amide bonds. The van der Waals surface area contributed by atoms with Gasteiger partial charge in [0, 0.05) is 11.8 Å². The van der Waals surface area contributed by atoms with Gasteiger partial charge in [0.25, 0.3) is 5.56 Å². The molecule has 7 heteroatoms. The van der Waals surface area contributed by atoms with Gasteiger partial charge in [-0.1, -0.05) is 11.6 Å². The number of aromatic nitrogens is 2. The molecular weight excluding hydrogens is 275 g/mol. The Morgan fingerprint density at radius 2 is 2.21 bits per heavy atom. The minimum absolute atomic E-state index is 0.0580. The highest BCUT2D eigenvalue weighted by molar-refractivity contribution is 6.32. The number of esters is 1. The van der Waals surface area contributed by atoms with E-state index < -0.39 is 17.3 Å². The number of nitrogens with one attached hydrogen (secondary N) is 1. The Morgan fingerprint density at radius 3 is 2.84 bits per heavy atom. The largest absolute Gasteiger partial charge is 0.469 e. The predicted octanol–water partition coefficient (Wildman–Crippen LogP) is 1.67. The molecule has 1 aromatic carbocycles. The van der Waals surface area contributed by atoms with Crippen molar-refractivity contribution in [1.82, 2.24) is 9.78 Å². The summed E-state index contributed by atoms with van der Waals surface area (Å²) in [5, 5.41) is 2.81. The molecule has 0 aliphatic rings. The molecule has 0 unspecified atom stereocenters. The van der Waals surface area contributed by atoms with Crippen molar-refractivity contribution in [3.8, 4) is 5.69 Å². The van der Waals surface area contributed by atoms with E-state index in [9.17, 15) is 14.0 Å². The van der Waals surface area contributed by atoms with E-state index in [1.165, 1.54) is 25.3 Å². The Labute approximate surface area is 112 Å². The van der Waals surface area contributed by atoms with E-state index in [-0.39, 0.29) is 11.4 Å². The van der Waals surface area contributed by atoms with Gasteiger partial charge in [-0.2, -0.15) is 0 Å². The predicted molar refractivity (Wildman–Crippen MR) is 67.1 cm³/mol. The summed E-state index contributed by atoms with van der Waals surface area (Å²) in [4.78, 5) is 22.9. The fraction of sp³-hybridized carbons (Fsp3) is 0.167. The smallest absolute Gasteiger partial charge is 0.311 e. The second-order valence-electron chi connectivity index (χ2n) is 3.80. The molecule has 19 heavy (non-hydrogen) atoms. The lowest BCUT2D eigenvalue weighted by Gasteiger charge is -2.04. The van der Waals surface area contributed by atoms with E-state index in [2.05, 4.69) is 9.84 Å². The van der Waals surface area contributed by atoms with Crippen LogP contribution in [0.4, 0.5) is 4.39 Å². The Kier molecular flexibility index (Phi) is 3.71. The van der Waals surface area contributed by atoms with E-state index in [1.807, 2.05) is 0 Å². The molecule has 0 radical (unpaired) electrons. The molecule has 0 aliphatic carbocycles. The second kappa shape index (κ2) is 5.27. The number of H-pyrrole nitrogens is 1. The van der Waals surface area contributed by atoms with Crippen molar-refractivity contribution in [2.45, 2.75) is 6.42 Å². The van der Waals surface area contributed by atoms with E-state index in [0.717, 1.165) is 10.7 Å². The third-order valence-corrected chi connectivity index (χ3v) is 2.79. The van der Waals surface area contributed by atoms with Crippen LogP contribution in [0.1, 0.15) is 5.69 Å². The highest BCUT2D eigenvalue weighted by atomic mass is 35.5. The number of hydrogen-bond donors (Lipinski definition) is 1. The van der Waals surface area contributed by atoms with Crippen LogP contribution >= 0.6 is 11.6 Å². The summed E-state index contributed by atoms with van der Waals surface area (Å²) in [6.07, 6.45) is -0.0580. The third kappa shape index (κ3) is 2.85. The van der Waals surface area contributed by atoms with Gasteiger partial charge in [0.15, 0.2) is 0 Å². The zero-order valence-electron chi connectivity index (χ0n) is 9.94. The van der Waals surface area contributed by atoms with Crippen molar-refractivity contribution in [3.05, 3.63) is 51.2 Å². The van der Waals surface area contributed by atoms with Crippen LogP contribution in [0.25, 0.3) is 5.69 Å². The first kappa shape index (κ1) is 13.4. The number of halogens is 2. The summed E-state index contributed by atoms with van der Waals surface area (Å²) >= 11 is 5.87. The van der Waals surface area contributed by atoms with Crippen molar-refractivity contribution in [1.29, 1.82) is 0 Å². The maximum Gasteiger partial charge on any atom is 0.311 e. The Morgan fingerprint density at radius 1 is 1.47 bits per heavy atom. The van der Waals surface area contributed by atoms with Gasteiger partial charge < -0.3 is 4.74 Å². The third-order valence-electron chi connectivity index (χ3n) is 2.49. The monoisotopic (exact) mass is 284 g/mol. The molecular formula is C12H10ClFN2O3. The summed E-state index contributed by atoms with van der Waals surface area (Å²) in [6.45, 7) is 0. The number of aromatic amines is 1. The van der Waals surface area contributed by atoms with E-state index in [4.69, 9.17) is 11.6 Å². The van der Waals surface area contributed by atoms with Gasteiger partial charge >= 0.3 is 5.97 Å². The van der Waals surface area contributed by atoms with Crippen molar-refractivity contribution < 1.29 is 13.9 Å². The van der Waals surface area contributed by atoms with Gasteiger partial charge in [-0.3, -0.25) is 14.7 Å². The number of rotatable bonds is 3. The van der Waals surface area contributed by atoms with Crippen molar-refractivity contribution in [3.63, 3.8) is 0 Å². The molecule has 2 rings (SSSR count). The van der Waals surface area contributed by atoms with Crippen LogP contribution < -0.4 is 5.56 Å². The number of hydrogen-bond acceptors (Lipinski definition) is 3. The summed E-state index contributed by atoms with van der Waals surface area (Å²) < 4.78 is 18.6. The molecule has 0 fully saturated rings. The van der Waals surface area contributed by atoms with Crippen LogP contribution in [0.5, 0.6) is 0 Å². The molecule has 0 spiro atoms. The molecule has 2 aromatic rings. The molecule has 0 bridgehead atoms. The maximum absolute atomic E-state index is 12.9. The molecule has 0 aliphatic heterocycles. The Balaban J connectivity index is 2.40. The minimum atomic E-state index is -0.497. The first-order chi connectivity index (χ1) is 9.01. The first-order valence-corrected chi connectivity index (χ1v) is 5.72. The number of benzene rings is 1. The number of nitrogens with zero attached hydrogens (tertiary/aromatic N) is 1. The molecule has 0 saturated carbocycles. The van der Waals surface area contributed by atoms with E-state index >= 15 is 0 Å². The van der Waals surface area contributed by atoms with Gasteiger partial charge in [0.1, 0.15) is 5.82 Å². The van der Waals surface area contributed by atoms with Crippen LogP contribution in [-0.4, -0.2) is 22.9 Å². The summed E-state index contributed by atoms with van der Waals surface area (Å²) in [5.41, 5.74) is 0.300. The van der Waals surface area contributed by atoms with Crippen LogP contribution in [-0.2, 0) is 16.0 Å². The number of ether oxygens (including phenoxy) is 1. The van der Waals surface area contributed by atoms with Gasteiger partial charge in [0.05, 0.1) is 24.2 Å². The van der Waals surface area contributed by atoms with Crippen molar-refractivity contribution in [2.24, 2.45) is 0 Å². The van der Waals surface area contributed by atoms with Crippen molar-refractivity contribution >= 4 is 17.6 Å². The number of methoxy groups -OCH3 is 1. The minimum Gasteiger partial charge on any atom is -0.469 e. The molecule has 1 heterocycles. The SMILES string of the molecule is COC(=O)Cc1cc(=O)n(-c2ccc(F)cc2Cl)[nH]1. The molecule has 100 valence electrons. The molecule has 0 atom stereocenters. The standard InChI is InChI=1S/C12H10ClFN2O3/c1-19-12(18)6-8-5-11(17)16(15-8)10-3-2-7(14)4-9(10)13/h2-5,15H,6H2,1H3. The summed E-state index contributed by atoms with van der Waals surface area (Å²) in [6, 6.07) is 4.92. The Hall–Kier alpha value is -2.08. The van der Waals surface area contributed by atoms with Gasteiger partial charge in [-0.15, -0.1) is 0 Å².